The highest BCUT2D eigenvalue weighted by Crippen LogP contribution is 2.66. The number of nitrogens with two attached hydrogens (primary N) is 1. The highest BCUT2D eigenvalue weighted by atomic mass is 35.5. The second-order valence-corrected chi connectivity index (χ2v) is 12.5. The molecule has 1 fully saturated rings. The van der Waals surface area contributed by atoms with Gasteiger partial charge in [-0.2, -0.15) is 18.6 Å². The number of hydrogen-bond donors (Lipinski definition) is 5. The molecule has 0 radical (unpaired) electrons. The van der Waals surface area contributed by atoms with E-state index in [-0.39, 0.29) is 22.3 Å². The van der Waals surface area contributed by atoms with Gasteiger partial charge < -0.3 is 34.8 Å². The Bertz CT molecular complexity index is 1250. The number of carbonyl (C=O) groups excluding carboxylic acids is 1. The van der Waals surface area contributed by atoms with Crippen molar-refractivity contribution < 1.29 is 55.9 Å². The minimum atomic E-state index is -5.72. The van der Waals surface area contributed by atoms with Crippen molar-refractivity contribution in [1.82, 2.24) is 19.5 Å². The molecule has 1 aliphatic heterocycles. The van der Waals surface area contributed by atoms with E-state index in [1.165, 1.54) is 17.8 Å². The van der Waals surface area contributed by atoms with Gasteiger partial charge in [-0.05, 0) is 6.92 Å². The minimum Gasteiger partial charge on any atom is -0.368 e. The summed E-state index contributed by atoms with van der Waals surface area (Å²) in [6.45, 7) is 0.525. The summed E-state index contributed by atoms with van der Waals surface area (Å²) in [4.78, 5) is 58.1. The zero-order valence-corrected chi connectivity index (χ0v) is 20.8. The van der Waals surface area contributed by atoms with Gasteiger partial charge in [0.05, 0.1) is 29.8 Å². The van der Waals surface area contributed by atoms with Crippen LogP contribution in [0, 0.1) is 5.92 Å². The van der Waals surface area contributed by atoms with Gasteiger partial charge in [-0.1, -0.05) is 11.6 Å². The molecule has 2 aromatic heterocycles. The Kier molecular flexibility index (Phi) is 7.66. The molecule has 34 heavy (non-hydrogen) atoms. The lowest BCUT2D eigenvalue weighted by molar-refractivity contribution is -0.114. The Morgan fingerprint density at radius 2 is 1.88 bits per heavy atom. The Hall–Kier alpha value is -1.03. The second-order valence-electron chi connectivity index (χ2n) is 6.92. The fourth-order valence-electron chi connectivity index (χ4n) is 3.15. The molecule has 22 heteroatoms. The van der Waals surface area contributed by atoms with E-state index in [9.17, 15) is 28.3 Å². The van der Waals surface area contributed by atoms with Crippen LogP contribution >= 0.6 is 46.7 Å². The lowest BCUT2D eigenvalue weighted by Crippen LogP contribution is -2.36. The number of aromatic nitrogens is 4. The maximum absolute atomic E-state index is 12.0. The van der Waals surface area contributed by atoms with Crippen molar-refractivity contribution in [1.29, 1.82) is 0 Å². The average Bonchev–Trinajstić information content (AvgIpc) is 3.14. The van der Waals surface area contributed by atoms with Crippen LogP contribution in [0.1, 0.15) is 13.2 Å². The van der Waals surface area contributed by atoms with Gasteiger partial charge >= 0.3 is 23.5 Å². The number of ether oxygens (including phenoxy) is 1. The van der Waals surface area contributed by atoms with Crippen molar-refractivity contribution in [3.8, 4) is 0 Å². The predicted molar refractivity (Wildman–Crippen MR) is 112 cm³/mol. The quantitative estimate of drug-likeness (QED) is 0.119. The number of rotatable bonds is 9. The van der Waals surface area contributed by atoms with Crippen LogP contribution in [0.2, 0.25) is 5.15 Å². The molecule has 3 rings (SSSR count). The van der Waals surface area contributed by atoms with Crippen molar-refractivity contribution in [2.45, 2.75) is 24.1 Å². The molecule has 0 aliphatic carbocycles. The average molecular weight is 586 g/mol. The Balaban J connectivity index is 1.82. The first-order chi connectivity index (χ1) is 15.5. The topological polar surface area (TPSA) is 256 Å². The van der Waals surface area contributed by atoms with Crippen LogP contribution < -0.4 is 5.73 Å². The van der Waals surface area contributed by atoms with E-state index in [2.05, 4.69) is 28.1 Å². The van der Waals surface area contributed by atoms with Crippen LogP contribution in [0.4, 0.5) is 5.95 Å². The number of hydrogen-bond acceptors (Lipinski definition) is 12. The fourth-order valence-corrected chi connectivity index (χ4v) is 6.75. The molecule has 17 nitrogen and oxygen atoms in total. The lowest BCUT2D eigenvalue weighted by Gasteiger charge is -2.26. The summed E-state index contributed by atoms with van der Waals surface area (Å²) >= 11 is 12.6. The number of aldehydes is 1. The molecule has 6 unspecified atom stereocenters. The van der Waals surface area contributed by atoms with Gasteiger partial charge in [-0.25, -0.2) is 18.7 Å². The first-order valence-corrected chi connectivity index (χ1v) is 14.0. The van der Waals surface area contributed by atoms with Gasteiger partial charge in [0.15, 0.2) is 17.0 Å². The molecule has 3 heterocycles. The molecular formula is C12H16Cl2N5O12P3. The van der Waals surface area contributed by atoms with Gasteiger partial charge in [0.2, 0.25) is 5.95 Å². The number of fused-ring (bicyclic) bond motifs is 1. The molecule has 6 N–H and O–H groups in total. The molecule has 6 atom stereocenters. The third-order valence-corrected chi connectivity index (χ3v) is 8.96. The normalized spacial score (nSPS) is 29.1. The monoisotopic (exact) mass is 585 g/mol. The molecule has 1 aliphatic rings. The summed E-state index contributed by atoms with van der Waals surface area (Å²) < 4.78 is 53.0. The molecule has 1 saturated heterocycles. The van der Waals surface area contributed by atoms with Gasteiger partial charge in [0.1, 0.15) is 11.8 Å². The lowest BCUT2D eigenvalue weighted by atomic mass is 9.91. The molecule has 0 saturated carbocycles. The maximum Gasteiger partial charge on any atom is 0.490 e. The molecule has 0 spiro atoms. The number of anilines is 1. The van der Waals surface area contributed by atoms with E-state index in [0.29, 0.717) is 6.29 Å². The summed E-state index contributed by atoms with van der Waals surface area (Å²) in [6, 6.07) is 0. The molecular weight excluding hydrogens is 570 g/mol. The number of nitrogen functional groups attached to an aromatic ring is 1. The summed E-state index contributed by atoms with van der Waals surface area (Å²) in [5, 5.41) is -0.0633. The molecule has 0 aromatic carbocycles. The van der Waals surface area contributed by atoms with E-state index in [0.717, 1.165) is 0 Å². The third kappa shape index (κ3) is 6.02. The summed E-state index contributed by atoms with van der Waals surface area (Å²) in [6.07, 6.45) is -0.855. The number of halogens is 2. The van der Waals surface area contributed by atoms with Crippen LogP contribution in [0.15, 0.2) is 6.33 Å². The third-order valence-electron chi connectivity index (χ3n) is 4.45. The van der Waals surface area contributed by atoms with E-state index in [1.54, 1.807) is 0 Å². The highest BCUT2D eigenvalue weighted by Gasteiger charge is 2.55. The number of phosphoric ester groups is 1. The van der Waals surface area contributed by atoms with Gasteiger partial charge in [0.25, 0.3) is 0 Å². The largest absolute Gasteiger partial charge is 0.490 e. The van der Waals surface area contributed by atoms with Crippen molar-refractivity contribution in [3.05, 3.63) is 11.5 Å². The van der Waals surface area contributed by atoms with Crippen LogP contribution in [-0.4, -0.2) is 63.0 Å². The zero-order chi connectivity index (χ0) is 25.7. The van der Waals surface area contributed by atoms with Crippen molar-refractivity contribution >= 4 is 70.1 Å². The van der Waals surface area contributed by atoms with E-state index >= 15 is 0 Å². The Labute approximate surface area is 199 Å². The number of phosphoric acid groups is 3. The maximum atomic E-state index is 12.0. The summed E-state index contributed by atoms with van der Waals surface area (Å²) in [5.41, 5.74) is 5.86. The number of imidazole rings is 1. The number of alkyl halides is 1. The van der Waals surface area contributed by atoms with E-state index in [4.69, 9.17) is 43.5 Å². The standard InChI is InChI=1S/C12H16Cl2N5O12P3/c1-12(14)5(2-20)6(3-28-33(24,25)31-34(26,27)30-32(21,22)23)29-10(12)19-4-16-7-8(13)17-11(15)18-9(7)19/h2,4-6,10H,3H2,1H3,(H,24,25)(H,26,27)(H2,15,17,18)(H2,21,22,23). The van der Waals surface area contributed by atoms with Crippen LogP contribution in [0.3, 0.4) is 0 Å². The van der Waals surface area contributed by atoms with Crippen molar-refractivity contribution in [2.75, 3.05) is 12.3 Å². The van der Waals surface area contributed by atoms with Gasteiger partial charge in [0, 0.05) is 0 Å². The van der Waals surface area contributed by atoms with Crippen LogP contribution in [-0.2, 0) is 36.4 Å². The van der Waals surface area contributed by atoms with Crippen LogP contribution in [0.5, 0.6) is 0 Å². The predicted octanol–water partition coefficient (Wildman–Crippen LogP) is 1.12. The first-order valence-electron chi connectivity index (χ1n) is 8.69. The Morgan fingerprint density at radius 3 is 2.47 bits per heavy atom. The zero-order valence-electron chi connectivity index (χ0n) is 16.6. The first kappa shape index (κ1) is 27.6. The molecule has 0 amide bonds. The van der Waals surface area contributed by atoms with E-state index in [1.807, 2.05) is 0 Å². The minimum absolute atomic E-state index is 0.0633. The smallest absolute Gasteiger partial charge is 0.368 e. The molecule has 190 valence electrons. The van der Waals surface area contributed by atoms with Crippen molar-refractivity contribution in [2.24, 2.45) is 5.92 Å². The Morgan fingerprint density at radius 1 is 1.24 bits per heavy atom. The second kappa shape index (κ2) is 9.45. The van der Waals surface area contributed by atoms with E-state index < -0.39 is 53.2 Å². The SMILES string of the molecule is CC1(Cl)C(C=O)C(COP(=O)(O)OP(=O)(O)OP(=O)(O)O)OC1n1cnc2c(Cl)nc(N)nc21. The van der Waals surface area contributed by atoms with Gasteiger partial charge in [-0.3, -0.25) is 9.09 Å². The molecule has 2 aromatic rings. The molecule has 0 bridgehead atoms. The van der Waals surface area contributed by atoms with Gasteiger partial charge in [-0.15, -0.1) is 11.6 Å². The van der Waals surface area contributed by atoms with Crippen LogP contribution in [0.25, 0.3) is 11.2 Å². The van der Waals surface area contributed by atoms with Crippen molar-refractivity contribution in [3.63, 3.8) is 0 Å². The number of carbonyl (C=O) groups is 1. The number of nitrogens with zero attached hydrogens (tertiary/aromatic N) is 4. The highest BCUT2D eigenvalue weighted by molar-refractivity contribution is 7.66. The fraction of sp³-hybridized carbons (Fsp3) is 0.500. The summed E-state index contributed by atoms with van der Waals surface area (Å²) in [7, 11) is -16.7. The summed E-state index contributed by atoms with van der Waals surface area (Å²) in [5.74, 6) is -1.37.